The van der Waals surface area contributed by atoms with Gasteiger partial charge in [0.2, 0.25) is 0 Å². The van der Waals surface area contributed by atoms with E-state index in [9.17, 15) is 4.39 Å². The van der Waals surface area contributed by atoms with E-state index in [0.29, 0.717) is 18.3 Å². The van der Waals surface area contributed by atoms with Crippen LogP contribution in [0.1, 0.15) is 18.4 Å². The topological polar surface area (TPSA) is 42.3 Å². The van der Waals surface area contributed by atoms with Crippen LogP contribution in [0.2, 0.25) is 0 Å². The van der Waals surface area contributed by atoms with Gasteiger partial charge in [0.1, 0.15) is 17.3 Å². The molecule has 0 radical (unpaired) electrons. The van der Waals surface area contributed by atoms with Crippen LogP contribution in [0, 0.1) is 5.82 Å². The van der Waals surface area contributed by atoms with E-state index in [1.807, 2.05) is 36.5 Å². The molecule has 4 rings (SSSR count). The summed E-state index contributed by atoms with van der Waals surface area (Å²) in [4.78, 5) is 2.36. The normalized spacial score (nSPS) is 15.6. The number of para-hydroxylation sites is 1. The van der Waals surface area contributed by atoms with Crippen molar-refractivity contribution in [2.75, 3.05) is 27.2 Å². The maximum absolute atomic E-state index is 14.3. The first-order valence-electron chi connectivity index (χ1n) is 10.0. The number of halogens is 1. The van der Waals surface area contributed by atoms with Crippen molar-refractivity contribution in [3.8, 4) is 22.7 Å². The number of aromatic nitrogens is 2. The zero-order chi connectivity index (χ0) is 20.2. The highest BCUT2D eigenvalue weighted by atomic mass is 19.1. The fourth-order valence-corrected chi connectivity index (χ4v) is 3.76. The van der Waals surface area contributed by atoms with Crippen LogP contribution in [0.5, 0.6) is 5.75 Å². The summed E-state index contributed by atoms with van der Waals surface area (Å²) in [6, 6.07) is 15.0. The highest BCUT2D eigenvalue weighted by Crippen LogP contribution is 2.26. The largest absolute Gasteiger partial charge is 0.497 e. The van der Waals surface area contributed by atoms with E-state index >= 15 is 0 Å². The van der Waals surface area contributed by atoms with Gasteiger partial charge in [-0.3, -0.25) is 0 Å². The van der Waals surface area contributed by atoms with E-state index in [0.717, 1.165) is 48.5 Å². The van der Waals surface area contributed by atoms with Crippen molar-refractivity contribution in [2.45, 2.75) is 25.4 Å². The van der Waals surface area contributed by atoms with Crippen molar-refractivity contribution in [1.82, 2.24) is 20.0 Å². The standard InChI is InChI=1S/C23H27FN4O/c1-27-13-11-19(12-14-27)25-15-18-16-28(22-6-4-3-5-21(22)24)26-23(18)17-7-9-20(29-2)10-8-17/h3-10,16,19,25H,11-15H2,1-2H3. The quantitative estimate of drug-likeness (QED) is 0.689. The lowest BCUT2D eigenvalue weighted by molar-refractivity contribution is 0.234. The van der Waals surface area contributed by atoms with E-state index in [-0.39, 0.29) is 5.82 Å². The number of ether oxygens (including phenoxy) is 1. The molecule has 5 nitrogen and oxygen atoms in total. The number of likely N-dealkylation sites (tertiary alicyclic amines) is 1. The van der Waals surface area contributed by atoms with Crippen molar-refractivity contribution in [3.05, 3.63) is 66.1 Å². The molecule has 1 aliphatic heterocycles. The second-order valence-corrected chi connectivity index (χ2v) is 7.59. The second kappa shape index (κ2) is 8.76. The summed E-state index contributed by atoms with van der Waals surface area (Å²) in [5, 5.41) is 8.40. The predicted molar refractivity (Wildman–Crippen MR) is 113 cm³/mol. The van der Waals surface area contributed by atoms with Crippen molar-refractivity contribution in [1.29, 1.82) is 0 Å². The van der Waals surface area contributed by atoms with Gasteiger partial charge in [-0.15, -0.1) is 0 Å². The summed E-state index contributed by atoms with van der Waals surface area (Å²) in [5.74, 6) is 0.513. The summed E-state index contributed by atoms with van der Waals surface area (Å²) in [6.07, 6.45) is 4.20. The molecule has 29 heavy (non-hydrogen) atoms. The molecule has 0 aliphatic carbocycles. The third-order valence-corrected chi connectivity index (χ3v) is 5.55. The third kappa shape index (κ3) is 4.49. The van der Waals surface area contributed by atoms with Gasteiger partial charge in [-0.2, -0.15) is 5.10 Å². The van der Waals surface area contributed by atoms with Gasteiger partial charge in [0.05, 0.1) is 12.8 Å². The van der Waals surface area contributed by atoms with Crippen molar-refractivity contribution < 1.29 is 9.13 Å². The first kappa shape index (κ1) is 19.6. The van der Waals surface area contributed by atoms with E-state index in [1.165, 1.54) is 6.07 Å². The Hall–Kier alpha value is -2.70. The maximum atomic E-state index is 14.3. The molecular weight excluding hydrogens is 367 g/mol. The zero-order valence-corrected chi connectivity index (χ0v) is 16.9. The molecule has 0 unspecified atom stereocenters. The third-order valence-electron chi connectivity index (χ3n) is 5.55. The molecule has 0 saturated carbocycles. The highest BCUT2D eigenvalue weighted by molar-refractivity contribution is 5.64. The summed E-state index contributed by atoms with van der Waals surface area (Å²) >= 11 is 0. The summed E-state index contributed by atoms with van der Waals surface area (Å²) < 4.78 is 21.2. The maximum Gasteiger partial charge on any atom is 0.148 e. The van der Waals surface area contributed by atoms with Gasteiger partial charge in [0.15, 0.2) is 0 Å². The predicted octanol–water partition coefficient (Wildman–Crippen LogP) is 3.87. The zero-order valence-electron chi connectivity index (χ0n) is 16.9. The van der Waals surface area contributed by atoms with Crippen LogP contribution in [0.15, 0.2) is 54.7 Å². The van der Waals surface area contributed by atoms with Crippen molar-refractivity contribution in [3.63, 3.8) is 0 Å². The van der Waals surface area contributed by atoms with Crippen molar-refractivity contribution in [2.24, 2.45) is 0 Å². The smallest absolute Gasteiger partial charge is 0.148 e. The van der Waals surface area contributed by atoms with Crippen LogP contribution in [0.3, 0.4) is 0 Å². The fraction of sp³-hybridized carbons (Fsp3) is 0.348. The van der Waals surface area contributed by atoms with E-state index < -0.39 is 0 Å². The Labute approximate surface area is 171 Å². The van der Waals surface area contributed by atoms with Crippen LogP contribution < -0.4 is 10.1 Å². The summed E-state index contributed by atoms with van der Waals surface area (Å²) in [6.45, 7) is 2.92. The van der Waals surface area contributed by atoms with Gasteiger partial charge in [0, 0.05) is 29.9 Å². The molecule has 0 atom stereocenters. The molecule has 3 aromatic rings. The fourth-order valence-electron chi connectivity index (χ4n) is 3.76. The molecule has 2 heterocycles. The van der Waals surface area contributed by atoms with Crippen LogP contribution in [0.25, 0.3) is 16.9 Å². The Morgan fingerprint density at radius 1 is 1.10 bits per heavy atom. The number of benzene rings is 2. The van der Waals surface area contributed by atoms with Crippen LogP contribution in [0.4, 0.5) is 4.39 Å². The van der Waals surface area contributed by atoms with E-state index in [2.05, 4.69) is 17.3 Å². The number of methoxy groups -OCH3 is 1. The Morgan fingerprint density at radius 2 is 1.83 bits per heavy atom. The number of nitrogens with one attached hydrogen (secondary N) is 1. The van der Waals surface area contributed by atoms with E-state index in [4.69, 9.17) is 9.84 Å². The highest BCUT2D eigenvalue weighted by Gasteiger charge is 2.19. The Balaban J connectivity index is 1.63. The molecule has 1 aromatic heterocycles. The first-order chi connectivity index (χ1) is 14.1. The first-order valence-corrected chi connectivity index (χ1v) is 10.0. The number of hydrogen-bond acceptors (Lipinski definition) is 4. The Kier molecular flexibility index (Phi) is 5.92. The molecule has 152 valence electrons. The average molecular weight is 394 g/mol. The summed E-state index contributed by atoms with van der Waals surface area (Å²) in [7, 11) is 3.81. The number of piperidine rings is 1. The SMILES string of the molecule is COc1ccc(-c2nn(-c3ccccc3F)cc2CNC2CCN(C)CC2)cc1. The molecule has 2 aromatic carbocycles. The number of hydrogen-bond donors (Lipinski definition) is 1. The van der Waals surface area contributed by atoms with Gasteiger partial charge in [-0.1, -0.05) is 12.1 Å². The molecular formula is C23H27FN4O. The molecule has 1 N–H and O–H groups in total. The minimum atomic E-state index is -0.286. The minimum Gasteiger partial charge on any atom is -0.497 e. The molecule has 0 bridgehead atoms. The summed E-state index contributed by atoms with van der Waals surface area (Å²) in [5.41, 5.74) is 3.35. The molecule has 0 spiro atoms. The molecule has 1 aliphatic rings. The van der Waals surface area contributed by atoms with Crippen LogP contribution in [-0.2, 0) is 6.54 Å². The average Bonchev–Trinajstić information content (AvgIpc) is 3.18. The number of nitrogens with zero attached hydrogens (tertiary/aromatic N) is 3. The minimum absolute atomic E-state index is 0.286. The van der Waals surface area contributed by atoms with Gasteiger partial charge < -0.3 is 15.0 Å². The van der Waals surface area contributed by atoms with Crippen LogP contribution in [-0.4, -0.2) is 48.0 Å². The Bertz CT molecular complexity index is 946. The van der Waals surface area contributed by atoms with E-state index in [1.54, 1.807) is 23.9 Å². The lowest BCUT2D eigenvalue weighted by Gasteiger charge is -2.29. The second-order valence-electron chi connectivity index (χ2n) is 7.59. The lowest BCUT2D eigenvalue weighted by Crippen LogP contribution is -2.40. The van der Waals surface area contributed by atoms with Crippen molar-refractivity contribution >= 4 is 0 Å². The van der Waals surface area contributed by atoms with Gasteiger partial charge in [-0.25, -0.2) is 9.07 Å². The Morgan fingerprint density at radius 3 is 2.52 bits per heavy atom. The lowest BCUT2D eigenvalue weighted by atomic mass is 10.0. The van der Waals surface area contributed by atoms with Crippen LogP contribution >= 0.6 is 0 Å². The number of rotatable bonds is 6. The molecule has 6 heteroatoms. The van der Waals surface area contributed by atoms with Gasteiger partial charge >= 0.3 is 0 Å². The molecule has 1 saturated heterocycles. The van der Waals surface area contributed by atoms with Gasteiger partial charge in [0.25, 0.3) is 0 Å². The van der Waals surface area contributed by atoms with Gasteiger partial charge in [-0.05, 0) is 69.4 Å². The molecule has 0 amide bonds. The monoisotopic (exact) mass is 394 g/mol. The molecule has 1 fully saturated rings.